The van der Waals surface area contributed by atoms with Crippen LogP contribution in [-0.4, -0.2) is 26.6 Å². The Hall–Kier alpha value is -3.18. The average Bonchev–Trinajstić information content (AvgIpc) is 3.11. The van der Waals surface area contributed by atoms with E-state index in [1.54, 1.807) is 50.3 Å². The van der Waals surface area contributed by atoms with Crippen molar-refractivity contribution in [2.75, 3.05) is 11.6 Å². The summed E-state index contributed by atoms with van der Waals surface area (Å²) in [6, 6.07) is 20.5. The molecule has 34 heavy (non-hydrogen) atoms. The Morgan fingerprint density at radius 3 is 2.32 bits per heavy atom. The summed E-state index contributed by atoms with van der Waals surface area (Å²) in [5.41, 5.74) is 2.35. The largest absolute Gasteiger partial charge is 0.490 e. The molecule has 0 fully saturated rings. The van der Waals surface area contributed by atoms with Crippen LogP contribution in [0.5, 0.6) is 11.5 Å². The fraction of sp³-hybridized carbons (Fsp3) is 0.120. The number of hydrogen-bond donors (Lipinski definition) is 0. The highest BCUT2D eigenvalue weighted by molar-refractivity contribution is 14.1. The van der Waals surface area contributed by atoms with E-state index in [0.717, 1.165) is 0 Å². The van der Waals surface area contributed by atoms with Crippen molar-refractivity contribution in [3.8, 4) is 11.5 Å². The SMILES string of the molecule is CCOc1cc(/C=C2/C(=O)N(c3ccccc3)N=C2C)cc(I)c1OS(=O)(=O)c1ccccc1. The van der Waals surface area contributed by atoms with E-state index in [0.29, 0.717) is 32.7 Å². The topological polar surface area (TPSA) is 85.3 Å². The molecule has 0 bridgehead atoms. The lowest BCUT2D eigenvalue weighted by Crippen LogP contribution is -2.21. The molecule has 1 amide bonds. The number of nitrogens with zero attached hydrogens (tertiary/aromatic N) is 2. The highest BCUT2D eigenvalue weighted by Crippen LogP contribution is 2.37. The molecule has 0 unspecified atom stereocenters. The lowest BCUT2D eigenvalue weighted by molar-refractivity contribution is -0.114. The molecule has 3 aromatic rings. The van der Waals surface area contributed by atoms with Crippen LogP contribution in [0, 0.1) is 3.57 Å². The van der Waals surface area contributed by atoms with Gasteiger partial charge < -0.3 is 8.92 Å². The van der Waals surface area contributed by atoms with Crippen LogP contribution >= 0.6 is 22.6 Å². The zero-order valence-electron chi connectivity index (χ0n) is 18.4. The lowest BCUT2D eigenvalue weighted by atomic mass is 10.1. The number of para-hydroxylation sites is 1. The van der Waals surface area contributed by atoms with E-state index in [4.69, 9.17) is 8.92 Å². The second-order valence-electron chi connectivity index (χ2n) is 7.31. The molecule has 174 valence electrons. The first-order valence-electron chi connectivity index (χ1n) is 10.4. The van der Waals surface area contributed by atoms with Gasteiger partial charge >= 0.3 is 10.1 Å². The predicted molar refractivity (Wildman–Crippen MR) is 140 cm³/mol. The van der Waals surface area contributed by atoms with Crippen molar-refractivity contribution in [3.05, 3.63) is 87.5 Å². The van der Waals surface area contributed by atoms with Gasteiger partial charge in [-0.25, -0.2) is 0 Å². The molecule has 0 N–H and O–H groups in total. The second-order valence-corrected chi connectivity index (χ2v) is 10.0. The van der Waals surface area contributed by atoms with Crippen molar-refractivity contribution < 1.29 is 22.1 Å². The molecule has 0 saturated carbocycles. The summed E-state index contributed by atoms with van der Waals surface area (Å²) in [6.07, 6.45) is 1.71. The van der Waals surface area contributed by atoms with Crippen LogP contribution in [0.2, 0.25) is 0 Å². The minimum Gasteiger partial charge on any atom is -0.490 e. The summed E-state index contributed by atoms with van der Waals surface area (Å²) in [5, 5.41) is 5.75. The highest BCUT2D eigenvalue weighted by Gasteiger charge is 2.29. The van der Waals surface area contributed by atoms with Gasteiger partial charge in [-0.3, -0.25) is 4.79 Å². The highest BCUT2D eigenvalue weighted by atomic mass is 127. The van der Waals surface area contributed by atoms with Crippen molar-refractivity contribution in [1.29, 1.82) is 0 Å². The summed E-state index contributed by atoms with van der Waals surface area (Å²) < 4.78 is 37.2. The summed E-state index contributed by atoms with van der Waals surface area (Å²) in [5.74, 6) is 0.117. The fourth-order valence-electron chi connectivity index (χ4n) is 3.36. The zero-order chi connectivity index (χ0) is 24.3. The predicted octanol–water partition coefficient (Wildman–Crippen LogP) is 5.26. The Kier molecular flexibility index (Phi) is 7.03. The third kappa shape index (κ3) is 5.00. The molecule has 4 rings (SSSR count). The lowest BCUT2D eigenvalue weighted by Gasteiger charge is -2.15. The summed E-state index contributed by atoms with van der Waals surface area (Å²) >= 11 is 2.00. The van der Waals surface area contributed by atoms with Crippen LogP contribution in [0.4, 0.5) is 5.69 Å². The molecule has 0 spiro atoms. The Balaban J connectivity index is 1.69. The number of hydrogen-bond acceptors (Lipinski definition) is 6. The van der Waals surface area contributed by atoms with Crippen molar-refractivity contribution in [3.63, 3.8) is 0 Å². The zero-order valence-corrected chi connectivity index (χ0v) is 21.4. The molecule has 0 saturated heterocycles. The van der Waals surface area contributed by atoms with Crippen molar-refractivity contribution >= 4 is 56.1 Å². The van der Waals surface area contributed by atoms with Gasteiger partial charge in [0.25, 0.3) is 5.91 Å². The number of hydrazone groups is 1. The number of rotatable bonds is 7. The Bertz CT molecular complexity index is 1390. The molecule has 0 radical (unpaired) electrons. The maximum absolute atomic E-state index is 13.0. The van der Waals surface area contributed by atoms with Gasteiger partial charge in [0.2, 0.25) is 0 Å². The van der Waals surface area contributed by atoms with Crippen LogP contribution in [0.15, 0.2) is 88.4 Å². The van der Waals surface area contributed by atoms with E-state index in [1.165, 1.54) is 17.1 Å². The molecule has 0 aromatic heterocycles. The molecule has 3 aromatic carbocycles. The molecule has 1 heterocycles. The van der Waals surface area contributed by atoms with Crippen molar-refractivity contribution in [1.82, 2.24) is 0 Å². The minimum atomic E-state index is -4.05. The van der Waals surface area contributed by atoms with Crippen LogP contribution in [0.3, 0.4) is 0 Å². The van der Waals surface area contributed by atoms with Gasteiger partial charge in [0.1, 0.15) is 4.90 Å². The summed E-state index contributed by atoms with van der Waals surface area (Å²) in [4.78, 5) is 13.1. The summed E-state index contributed by atoms with van der Waals surface area (Å²) in [7, 11) is -4.05. The third-order valence-corrected chi connectivity index (χ3v) is 6.97. The molecule has 9 heteroatoms. The number of benzene rings is 3. The van der Waals surface area contributed by atoms with Gasteiger partial charge in [0.15, 0.2) is 11.5 Å². The number of ether oxygens (including phenoxy) is 1. The molecular weight excluding hydrogens is 567 g/mol. The normalized spacial score (nSPS) is 14.9. The van der Waals surface area contributed by atoms with E-state index < -0.39 is 10.1 Å². The van der Waals surface area contributed by atoms with Gasteiger partial charge in [-0.1, -0.05) is 36.4 Å². The number of carbonyl (C=O) groups is 1. The maximum Gasteiger partial charge on any atom is 0.339 e. The first kappa shape index (κ1) is 24.0. The molecular formula is C25H21IN2O5S. The Labute approximate surface area is 212 Å². The van der Waals surface area contributed by atoms with Crippen LogP contribution in [0.1, 0.15) is 19.4 Å². The average molecular weight is 588 g/mol. The van der Waals surface area contributed by atoms with E-state index in [-0.39, 0.29) is 22.3 Å². The summed E-state index contributed by atoms with van der Waals surface area (Å²) in [6.45, 7) is 3.87. The fourth-order valence-corrected chi connectivity index (χ4v) is 5.22. The molecule has 7 nitrogen and oxygen atoms in total. The van der Waals surface area contributed by atoms with Gasteiger partial charge in [0, 0.05) is 0 Å². The molecule has 0 aliphatic carbocycles. The van der Waals surface area contributed by atoms with E-state index in [2.05, 4.69) is 5.10 Å². The number of carbonyl (C=O) groups excluding carboxylic acids is 1. The monoisotopic (exact) mass is 588 g/mol. The number of anilines is 1. The quantitative estimate of drug-likeness (QED) is 0.214. The number of halogens is 1. The van der Waals surface area contributed by atoms with Crippen molar-refractivity contribution in [2.45, 2.75) is 18.7 Å². The van der Waals surface area contributed by atoms with Gasteiger partial charge in [0.05, 0.1) is 27.1 Å². The standard InChI is InChI=1S/C25H21IN2O5S/c1-3-32-23-16-18(14-21-17(2)27-28(25(21)29)19-10-6-4-7-11-19)15-22(26)24(23)33-34(30,31)20-12-8-5-9-13-20/h4-16H,3H2,1-2H3/b21-14+. The molecule has 0 atom stereocenters. The first-order valence-corrected chi connectivity index (χ1v) is 12.9. The van der Waals surface area contributed by atoms with Gasteiger partial charge in [-0.15, -0.1) is 0 Å². The maximum atomic E-state index is 13.0. The Morgan fingerprint density at radius 1 is 1.03 bits per heavy atom. The van der Waals surface area contributed by atoms with E-state index >= 15 is 0 Å². The van der Waals surface area contributed by atoms with Crippen LogP contribution < -0.4 is 13.9 Å². The second kappa shape index (κ2) is 9.98. The molecule has 1 aliphatic rings. The van der Waals surface area contributed by atoms with Crippen LogP contribution in [-0.2, 0) is 14.9 Å². The van der Waals surface area contributed by atoms with Crippen LogP contribution in [0.25, 0.3) is 6.08 Å². The van der Waals surface area contributed by atoms with Gasteiger partial charge in [-0.2, -0.15) is 18.5 Å². The third-order valence-electron chi connectivity index (χ3n) is 4.93. The first-order chi connectivity index (χ1) is 16.3. The van der Waals surface area contributed by atoms with E-state index in [1.807, 2.05) is 52.9 Å². The van der Waals surface area contributed by atoms with E-state index in [9.17, 15) is 13.2 Å². The smallest absolute Gasteiger partial charge is 0.339 e. The van der Waals surface area contributed by atoms with Gasteiger partial charge in [-0.05, 0) is 84.5 Å². The minimum absolute atomic E-state index is 0.0452. The molecule has 1 aliphatic heterocycles. The number of amides is 1. The Morgan fingerprint density at radius 2 is 1.68 bits per heavy atom. The van der Waals surface area contributed by atoms with Crippen molar-refractivity contribution in [2.24, 2.45) is 5.10 Å².